The van der Waals surface area contributed by atoms with Gasteiger partial charge in [0.05, 0.1) is 10.2 Å². The lowest BCUT2D eigenvalue weighted by molar-refractivity contribution is -0.115. The van der Waals surface area contributed by atoms with Crippen molar-refractivity contribution in [1.29, 1.82) is 5.26 Å². The lowest BCUT2D eigenvalue weighted by Gasteiger charge is -2.04. The van der Waals surface area contributed by atoms with Crippen molar-refractivity contribution in [3.05, 3.63) is 98.8 Å². The third-order valence-corrected chi connectivity index (χ3v) is 6.84. The Balaban J connectivity index is 1.84. The maximum Gasteiger partial charge on any atom is 0.269 e. The number of ether oxygens (including phenoxy) is 1. The van der Waals surface area contributed by atoms with E-state index >= 15 is 0 Å². The summed E-state index contributed by atoms with van der Waals surface area (Å²) in [7, 11) is 0. The van der Waals surface area contributed by atoms with E-state index in [0.29, 0.717) is 42.0 Å². The average molecular weight is 541 g/mol. The molecule has 0 atom stereocenters. The monoisotopic (exact) mass is 540 g/mol. The van der Waals surface area contributed by atoms with E-state index in [0.717, 1.165) is 22.6 Å². The van der Waals surface area contributed by atoms with Crippen molar-refractivity contribution in [1.82, 2.24) is 24.6 Å². The molecule has 0 aliphatic heterocycles. The van der Waals surface area contributed by atoms with E-state index in [4.69, 9.17) is 9.84 Å². The molecule has 0 saturated carbocycles. The van der Waals surface area contributed by atoms with Crippen LogP contribution >= 0.6 is 11.3 Å². The van der Waals surface area contributed by atoms with Gasteiger partial charge in [-0.1, -0.05) is 24.3 Å². The lowest BCUT2D eigenvalue weighted by Crippen LogP contribution is -2.35. The summed E-state index contributed by atoms with van der Waals surface area (Å²) in [6.07, 6.45) is 9.15. The number of carbonyl (C=O) groups excluding carboxylic acids is 1. The second-order valence-electron chi connectivity index (χ2n) is 8.37. The van der Waals surface area contributed by atoms with Gasteiger partial charge in [0, 0.05) is 56.0 Å². The molecule has 198 valence electrons. The normalized spacial score (nSPS) is 12.2. The highest BCUT2D eigenvalue weighted by Gasteiger charge is 2.17. The molecule has 0 aliphatic rings. The number of nitrogens with zero attached hydrogens (tertiary/aromatic N) is 5. The molecule has 1 N–H and O–H groups in total. The second kappa shape index (κ2) is 13.3. The van der Waals surface area contributed by atoms with E-state index < -0.39 is 5.91 Å². The molecule has 0 unspecified atom stereocenters. The molecule has 10 heteroatoms. The highest BCUT2D eigenvalue weighted by atomic mass is 32.1. The van der Waals surface area contributed by atoms with Gasteiger partial charge in [0.2, 0.25) is 0 Å². The summed E-state index contributed by atoms with van der Waals surface area (Å²) in [5.41, 5.74) is 2.55. The number of rotatable bonds is 11. The van der Waals surface area contributed by atoms with Crippen LogP contribution in [-0.4, -0.2) is 45.0 Å². The zero-order chi connectivity index (χ0) is 27.6. The van der Waals surface area contributed by atoms with Crippen molar-refractivity contribution in [2.24, 2.45) is 0 Å². The zero-order valence-corrected chi connectivity index (χ0v) is 22.4. The quantitative estimate of drug-likeness (QED) is 0.231. The first kappa shape index (κ1) is 27.4. The van der Waals surface area contributed by atoms with Crippen molar-refractivity contribution in [3.8, 4) is 23.0 Å². The molecule has 0 radical (unpaired) electrons. The zero-order valence-electron chi connectivity index (χ0n) is 21.5. The van der Waals surface area contributed by atoms with Crippen LogP contribution in [0.1, 0.15) is 18.9 Å². The van der Waals surface area contributed by atoms with E-state index in [1.54, 1.807) is 29.2 Å². The standard InChI is InChI=1S/C29H28N6O3S/c1-3-15-34-28(37)25(39-29(34)24(18-30)27(36)32-14-9-16-38-4-2)17-22-20-35(23-11-6-5-7-12-23)33-26(22)21-10-8-13-31-19-21/h3,5-8,10-13,17,19-20H,1,4,9,14-16H2,2H3,(H,32,36). The van der Waals surface area contributed by atoms with Crippen molar-refractivity contribution in [2.75, 3.05) is 19.8 Å². The number of nitriles is 1. The van der Waals surface area contributed by atoms with Crippen molar-refractivity contribution in [2.45, 2.75) is 19.9 Å². The summed E-state index contributed by atoms with van der Waals surface area (Å²) >= 11 is 1.09. The largest absolute Gasteiger partial charge is 0.382 e. The molecule has 0 aliphatic carbocycles. The maximum atomic E-state index is 13.5. The van der Waals surface area contributed by atoms with Crippen molar-refractivity contribution >= 4 is 28.9 Å². The number of para-hydroxylation sites is 1. The van der Waals surface area contributed by atoms with E-state index in [-0.39, 0.29) is 22.3 Å². The molecule has 0 bridgehead atoms. The SMILES string of the molecule is C=CCn1c(=C(C#N)C(=O)NCCCOCC)sc(=Cc2cn(-c3ccccc3)nc2-c2cccnc2)c1=O. The Labute approximate surface area is 229 Å². The van der Waals surface area contributed by atoms with Crippen LogP contribution in [0.25, 0.3) is 28.6 Å². The topological polar surface area (TPSA) is 115 Å². The van der Waals surface area contributed by atoms with Gasteiger partial charge in [0.1, 0.15) is 16.4 Å². The molecule has 4 rings (SSSR count). The maximum absolute atomic E-state index is 13.5. The van der Waals surface area contributed by atoms with Crippen molar-refractivity contribution in [3.63, 3.8) is 0 Å². The Bertz CT molecular complexity index is 1660. The molecular formula is C29H28N6O3S. The number of thiazole rings is 1. The molecular weight excluding hydrogens is 512 g/mol. The summed E-state index contributed by atoms with van der Waals surface area (Å²) in [5, 5.41) is 17.4. The molecule has 4 aromatic rings. The number of hydrogen-bond acceptors (Lipinski definition) is 7. The summed E-state index contributed by atoms with van der Waals surface area (Å²) in [6, 6.07) is 15.3. The number of aromatic nitrogens is 4. The number of benzene rings is 1. The van der Waals surface area contributed by atoms with E-state index in [2.05, 4.69) is 16.9 Å². The Morgan fingerprint density at radius 1 is 1.26 bits per heavy atom. The highest BCUT2D eigenvalue weighted by molar-refractivity contribution is 7.07. The Hall–Kier alpha value is -4.59. The second-order valence-corrected chi connectivity index (χ2v) is 9.40. The molecule has 0 spiro atoms. The number of allylic oxidation sites excluding steroid dienone is 1. The number of nitrogens with one attached hydrogen (secondary N) is 1. The third-order valence-electron chi connectivity index (χ3n) is 5.71. The van der Waals surface area contributed by atoms with Gasteiger partial charge in [-0.3, -0.25) is 19.1 Å². The number of amides is 1. The average Bonchev–Trinajstić information content (AvgIpc) is 3.52. The predicted molar refractivity (Wildman–Crippen MR) is 152 cm³/mol. The van der Waals surface area contributed by atoms with Crippen LogP contribution in [0.5, 0.6) is 0 Å². The fraction of sp³-hybridized carbons (Fsp3) is 0.207. The van der Waals surface area contributed by atoms with Crippen LogP contribution in [0.4, 0.5) is 0 Å². The van der Waals surface area contributed by atoms with Gasteiger partial charge in [0.25, 0.3) is 11.5 Å². The fourth-order valence-corrected chi connectivity index (χ4v) is 4.98. The number of pyridine rings is 1. The summed E-state index contributed by atoms with van der Waals surface area (Å²) < 4.78 is 9.07. The van der Waals surface area contributed by atoms with Crippen LogP contribution < -0.4 is 20.1 Å². The minimum Gasteiger partial charge on any atom is -0.382 e. The van der Waals surface area contributed by atoms with E-state index in [9.17, 15) is 14.9 Å². The van der Waals surface area contributed by atoms with Gasteiger partial charge in [-0.2, -0.15) is 10.4 Å². The Morgan fingerprint density at radius 3 is 2.77 bits per heavy atom. The molecule has 1 aromatic carbocycles. The minimum absolute atomic E-state index is 0.123. The first-order valence-corrected chi connectivity index (χ1v) is 13.3. The van der Waals surface area contributed by atoms with Gasteiger partial charge in [-0.25, -0.2) is 4.68 Å². The van der Waals surface area contributed by atoms with Gasteiger partial charge >= 0.3 is 0 Å². The van der Waals surface area contributed by atoms with E-state index in [1.807, 2.05) is 61.7 Å². The van der Waals surface area contributed by atoms with Crippen LogP contribution in [0.2, 0.25) is 0 Å². The molecule has 39 heavy (non-hydrogen) atoms. The smallest absolute Gasteiger partial charge is 0.269 e. The summed E-state index contributed by atoms with van der Waals surface area (Å²) in [6.45, 7) is 7.25. The molecule has 0 saturated heterocycles. The number of hydrogen-bond donors (Lipinski definition) is 1. The molecule has 9 nitrogen and oxygen atoms in total. The Kier molecular flexibility index (Phi) is 9.34. The van der Waals surface area contributed by atoms with Gasteiger partial charge < -0.3 is 10.1 Å². The van der Waals surface area contributed by atoms with E-state index in [1.165, 1.54) is 4.57 Å². The Morgan fingerprint density at radius 2 is 2.08 bits per heavy atom. The molecule has 0 fully saturated rings. The van der Waals surface area contributed by atoms with Gasteiger partial charge in [0.15, 0.2) is 5.57 Å². The van der Waals surface area contributed by atoms with Crippen LogP contribution in [0.15, 0.2) is 78.5 Å². The van der Waals surface area contributed by atoms with Gasteiger partial charge in [-0.15, -0.1) is 17.9 Å². The van der Waals surface area contributed by atoms with Gasteiger partial charge in [-0.05, 0) is 43.7 Å². The minimum atomic E-state index is -0.535. The first-order chi connectivity index (χ1) is 19.1. The molecule has 3 heterocycles. The lowest BCUT2D eigenvalue weighted by atomic mass is 10.1. The van der Waals surface area contributed by atoms with Crippen LogP contribution in [-0.2, 0) is 16.1 Å². The summed E-state index contributed by atoms with van der Waals surface area (Å²) in [5.74, 6) is -0.535. The predicted octanol–water partition coefficient (Wildman–Crippen LogP) is 2.39. The molecule has 1 amide bonds. The summed E-state index contributed by atoms with van der Waals surface area (Å²) in [4.78, 5) is 30.6. The fourth-order valence-electron chi connectivity index (χ4n) is 3.88. The third kappa shape index (κ3) is 6.46. The first-order valence-electron chi connectivity index (χ1n) is 12.5. The van der Waals surface area contributed by atoms with Crippen molar-refractivity contribution < 1.29 is 9.53 Å². The van der Waals surface area contributed by atoms with Crippen LogP contribution in [0, 0.1) is 11.3 Å². The van der Waals surface area contributed by atoms with Crippen LogP contribution in [0.3, 0.4) is 0 Å². The molecule has 3 aromatic heterocycles. The highest BCUT2D eigenvalue weighted by Crippen LogP contribution is 2.23. The number of carbonyl (C=O) groups is 1.